The lowest BCUT2D eigenvalue weighted by Gasteiger charge is -2.39. The molecule has 1 amide bonds. The second-order valence-corrected chi connectivity index (χ2v) is 6.28. The summed E-state index contributed by atoms with van der Waals surface area (Å²) in [5, 5.41) is 11.2. The number of carbonyl (C=O) groups is 1. The van der Waals surface area contributed by atoms with Gasteiger partial charge >= 0.3 is 6.18 Å². The number of aromatic nitrogens is 1. The number of aliphatic hydroxyl groups excluding tert-OH is 1. The summed E-state index contributed by atoms with van der Waals surface area (Å²) in [5.74, 6) is -2.28. The standard InChI is InChI=1S/C16H17F4N3O2/c17-9-2-1-3-11-14(9)8(6-22-11)15(16(18,19)20)23-13(25)4-7-10(21)5-12(7)24/h1-3,6-7,10,12,15,22,24H,4-5,21H2,(H,23,25)/t7-,10+,12-,15?/m0/s1. The van der Waals surface area contributed by atoms with E-state index in [-0.39, 0.29) is 17.3 Å². The average molecular weight is 359 g/mol. The van der Waals surface area contributed by atoms with E-state index in [9.17, 15) is 27.5 Å². The van der Waals surface area contributed by atoms with Crippen molar-refractivity contribution in [3.05, 3.63) is 35.8 Å². The fraction of sp³-hybridized carbons (Fsp3) is 0.438. The maximum Gasteiger partial charge on any atom is 0.412 e. The van der Waals surface area contributed by atoms with Crippen molar-refractivity contribution >= 4 is 16.8 Å². The summed E-state index contributed by atoms with van der Waals surface area (Å²) in [6.45, 7) is 0. The predicted octanol–water partition coefficient (Wildman–Crippen LogP) is 2.12. The second kappa shape index (κ2) is 6.30. The molecule has 0 spiro atoms. The summed E-state index contributed by atoms with van der Waals surface area (Å²) in [6, 6.07) is 1.09. The SMILES string of the molecule is N[C@@H]1C[C@H](O)[C@H]1CC(=O)NC(c1c[nH]c2cccc(F)c12)C(F)(F)F. The smallest absolute Gasteiger partial charge is 0.393 e. The van der Waals surface area contributed by atoms with Crippen molar-refractivity contribution in [3.63, 3.8) is 0 Å². The molecule has 4 atom stereocenters. The van der Waals surface area contributed by atoms with E-state index < -0.39 is 47.6 Å². The van der Waals surface area contributed by atoms with Crippen LogP contribution in [0.25, 0.3) is 10.9 Å². The Morgan fingerprint density at radius 2 is 2.16 bits per heavy atom. The Morgan fingerprint density at radius 1 is 1.44 bits per heavy atom. The lowest BCUT2D eigenvalue weighted by atomic mass is 9.75. The van der Waals surface area contributed by atoms with Gasteiger partial charge in [0.05, 0.1) is 6.10 Å². The van der Waals surface area contributed by atoms with Crippen LogP contribution in [0.1, 0.15) is 24.4 Å². The fourth-order valence-corrected chi connectivity index (χ4v) is 3.17. The van der Waals surface area contributed by atoms with Gasteiger partial charge in [-0.2, -0.15) is 13.2 Å². The summed E-state index contributed by atoms with van der Waals surface area (Å²) < 4.78 is 54.4. The number of fused-ring (bicyclic) bond motifs is 1. The topological polar surface area (TPSA) is 91.1 Å². The Balaban J connectivity index is 1.86. The number of carbonyl (C=O) groups excluding carboxylic acids is 1. The number of amides is 1. The highest BCUT2D eigenvalue weighted by Gasteiger charge is 2.45. The van der Waals surface area contributed by atoms with Gasteiger partial charge in [0, 0.05) is 41.0 Å². The van der Waals surface area contributed by atoms with Gasteiger partial charge in [-0.3, -0.25) is 4.79 Å². The molecule has 136 valence electrons. The first-order chi connectivity index (χ1) is 11.7. The van der Waals surface area contributed by atoms with Gasteiger partial charge in [-0.05, 0) is 18.6 Å². The van der Waals surface area contributed by atoms with Gasteiger partial charge in [-0.25, -0.2) is 4.39 Å². The van der Waals surface area contributed by atoms with E-state index in [2.05, 4.69) is 4.98 Å². The molecule has 5 nitrogen and oxygen atoms in total. The number of halogens is 4. The summed E-state index contributed by atoms with van der Waals surface area (Å²) in [6.07, 6.45) is -4.58. The fourth-order valence-electron chi connectivity index (χ4n) is 3.17. The van der Waals surface area contributed by atoms with Crippen molar-refractivity contribution in [2.75, 3.05) is 0 Å². The van der Waals surface area contributed by atoms with E-state index in [0.717, 1.165) is 12.3 Å². The molecule has 1 aromatic heterocycles. The summed E-state index contributed by atoms with van der Waals surface area (Å²) in [7, 11) is 0. The zero-order chi connectivity index (χ0) is 18.4. The van der Waals surface area contributed by atoms with Crippen LogP contribution in [0.15, 0.2) is 24.4 Å². The molecule has 2 aromatic rings. The summed E-state index contributed by atoms with van der Waals surface area (Å²) in [4.78, 5) is 14.6. The van der Waals surface area contributed by atoms with Crippen molar-refractivity contribution in [2.24, 2.45) is 11.7 Å². The molecule has 0 saturated heterocycles. The first-order valence-corrected chi connectivity index (χ1v) is 7.73. The van der Waals surface area contributed by atoms with E-state index >= 15 is 0 Å². The molecular formula is C16H17F4N3O2. The molecule has 25 heavy (non-hydrogen) atoms. The van der Waals surface area contributed by atoms with Crippen LogP contribution < -0.4 is 11.1 Å². The number of nitrogens with two attached hydrogens (primary N) is 1. The van der Waals surface area contributed by atoms with E-state index in [0.29, 0.717) is 6.42 Å². The van der Waals surface area contributed by atoms with E-state index in [1.165, 1.54) is 12.1 Å². The minimum absolute atomic E-state index is 0.204. The van der Waals surface area contributed by atoms with Crippen LogP contribution in [-0.2, 0) is 4.79 Å². The minimum atomic E-state index is -4.81. The predicted molar refractivity (Wildman–Crippen MR) is 81.9 cm³/mol. The highest BCUT2D eigenvalue weighted by molar-refractivity contribution is 5.85. The Kier molecular flexibility index (Phi) is 4.46. The van der Waals surface area contributed by atoms with Crippen molar-refractivity contribution in [1.29, 1.82) is 0 Å². The van der Waals surface area contributed by atoms with E-state index in [1.54, 1.807) is 0 Å². The summed E-state index contributed by atoms with van der Waals surface area (Å²) >= 11 is 0. The van der Waals surface area contributed by atoms with Crippen LogP contribution in [-0.4, -0.2) is 34.3 Å². The lowest BCUT2D eigenvalue weighted by molar-refractivity contribution is -0.164. The molecule has 1 aliphatic carbocycles. The third kappa shape index (κ3) is 3.34. The molecule has 1 aliphatic rings. The molecule has 0 radical (unpaired) electrons. The largest absolute Gasteiger partial charge is 0.412 e. The van der Waals surface area contributed by atoms with Gasteiger partial charge in [-0.1, -0.05) is 6.07 Å². The van der Waals surface area contributed by atoms with Crippen LogP contribution in [0.4, 0.5) is 17.6 Å². The van der Waals surface area contributed by atoms with Crippen LogP contribution in [0, 0.1) is 11.7 Å². The maximum atomic E-state index is 14.0. The third-order valence-electron chi connectivity index (χ3n) is 4.61. The van der Waals surface area contributed by atoms with E-state index in [1.807, 2.05) is 5.32 Å². The molecule has 0 aliphatic heterocycles. The van der Waals surface area contributed by atoms with Gasteiger partial charge in [0.2, 0.25) is 5.91 Å². The Morgan fingerprint density at radius 3 is 2.76 bits per heavy atom. The van der Waals surface area contributed by atoms with Gasteiger partial charge < -0.3 is 21.1 Å². The highest BCUT2D eigenvalue weighted by atomic mass is 19.4. The van der Waals surface area contributed by atoms with Crippen LogP contribution in [0.5, 0.6) is 0 Å². The van der Waals surface area contributed by atoms with Crippen molar-refractivity contribution in [3.8, 4) is 0 Å². The molecule has 1 heterocycles. The number of rotatable bonds is 4. The number of hydrogen-bond acceptors (Lipinski definition) is 3. The van der Waals surface area contributed by atoms with Crippen LogP contribution in [0.3, 0.4) is 0 Å². The van der Waals surface area contributed by atoms with Gasteiger partial charge in [-0.15, -0.1) is 0 Å². The Bertz CT molecular complexity index is 781. The second-order valence-electron chi connectivity index (χ2n) is 6.28. The Hall–Kier alpha value is -2.13. The minimum Gasteiger partial charge on any atom is -0.393 e. The molecule has 3 rings (SSSR count). The van der Waals surface area contributed by atoms with Crippen molar-refractivity contribution in [1.82, 2.24) is 10.3 Å². The van der Waals surface area contributed by atoms with Crippen molar-refractivity contribution in [2.45, 2.75) is 37.2 Å². The lowest BCUT2D eigenvalue weighted by Crippen LogP contribution is -2.53. The molecule has 5 N–H and O–H groups in total. The average Bonchev–Trinajstić information content (AvgIpc) is 2.94. The summed E-state index contributed by atoms with van der Waals surface area (Å²) in [5.41, 5.74) is 5.46. The quantitative estimate of drug-likeness (QED) is 0.631. The number of aromatic amines is 1. The molecule has 1 aromatic carbocycles. The van der Waals surface area contributed by atoms with Gasteiger partial charge in [0.25, 0.3) is 0 Å². The normalized spacial score (nSPS) is 24.8. The number of benzene rings is 1. The molecule has 1 saturated carbocycles. The molecule has 9 heteroatoms. The number of hydrogen-bond donors (Lipinski definition) is 4. The van der Waals surface area contributed by atoms with Crippen LogP contribution >= 0.6 is 0 Å². The van der Waals surface area contributed by atoms with Gasteiger partial charge in [0.1, 0.15) is 5.82 Å². The number of H-pyrrole nitrogens is 1. The number of alkyl halides is 3. The first kappa shape index (κ1) is 17.7. The maximum absolute atomic E-state index is 14.0. The zero-order valence-corrected chi connectivity index (χ0v) is 13.0. The number of aliphatic hydroxyl groups is 1. The van der Waals surface area contributed by atoms with Crippen molar-refractivity contribution < 1.29 is 27.5 Å². The Labute approximate surface area is 140 Å². The zero-order valence-electron chi connectivity index (χ0n) is 13.0. The molecule has 1 unspecified atom stereocenters. The van der Waals surface area contributed by atoms with Crippen LogP contribution in [0.2, 0.25) is 0 Å². The highest BCUT2D eigenvalue weighted by Crippen LogP contribution is 2.38. The van der Waals surface area contributed by atoms with E-state index in [4.69, 9.17) is 5.73 Å². The monoisotopic (exact) mass is 359 g/mol. The third-order valence-corrected chi connectivity index (χ3v) is 4.61. The molecule has 1 fully saturated rings. The molecular weight excluding hydrogens is 342 g/mol. The number of nitrogens with one attached hydrogen (secondary N) is 2. The van der Waals surface area contributed by atoms with Gasteiger partial charge in [0.15, 0.2) is 6.04 Å². The molecule has 0 bridgehead atoms. The first-order valence-electron chi connectivity index (χ1n) is 7.73.